The topological polar surface area (TPSA) is 61.4 Å². The molecule has 0 saturated carbocycles. The minimum atomic E-state index is 0. The Morgan fingerprint density at radius 2 is 0.898 bits per heavy atom. The van der Waals surface area contributed by atoms with Gasteiger partial charge in [-0.2, -0.15) is 15.0 Å². The summed E-state index contributed by atoms with van der Waals surface area (Å²) in [4.78, 5) is 20.5. The minimum absolute atomic E-state index is 0. The normalized spacial score (nSPS) is 11.5. The molecule has 0 atom stereocenters. The van der Waals surface area contributed by atoms with Gasteiger partial charge in [0.25, 0.3) is 0 Å². The Labute approximate surface area is 294 Å². The molecule has 10 aromatic rings. The number of rotatable bonds is 4. The van der Waals surface area contributed by atoms with E-state index < -0.39 is 0 Å². The van der Waals surface area contributed by atoms with Gasteiger partial charge in [-0.15, -0.1) is 23.6 Å². The van der Waals surface area contributed by atoms with Gasteiger partial charge in [-0.25, -0.2) is 0 Å². The molecule has 233 valence electrons. The summed E-state index contributed by atoms with van der Waals surface area (Å²) in [6.45, 7) is 0. The van der Waals surface area contributed by atoms with Crippen LogP contribution in [0.1, 0.15) is 0 Å². The van der Waals surface area contributed by atoms with E-state index in [2.05, 4.69) is 135 Å². The van der Waals surface area contributed by atoms with E-state index in [9.17, 15) is 0 Å². The maximum atomic E-state index is 5.29. The molecule has 0 aliphatic rings. The molecular formula is C42H25IrN6-. The molecule has 6 aromatic carbocycles. The summed E-state index contributed by atoms with van der Waals surface area (Å²) in [5, 5.41) is 6.55. The van der Waals surface area contributed by atoms with Crippen molar-refractivity contribution < 1.29 is 20.1 Å². The van der Waals surface area contributed by atoms with E-state index >= 15 is 0 Å². The molecule has 6 nitrogen and oxygen atoms in total. The quantitative estimate of drug-likeness (QED) is 0.166. The molecule has 49 heavy (non-hydrogen) atoms. The van der Waals surface area contributed by atoms with Crippen LogP contribution in [0.2, 0.25) is 0 Å². The Bertz CT molecular complexity index is 2620. The first-order valence-electron chi connectivity index (χ1n) is 15.9. The van der Waals surface area contributed by atoms with E-state index in [0.717, 1.165) is 71.2 Å². The van der Waals surface area contributed by atoms with Crippen LogP contribution in [-0.2, 0) is 20.1 Å². The summed E-state index contributed by atoms with van der Waals surface area (Å²) in [7, 11) is 0. The van der Waals surface area contributed by atoms with Gasteiger partial charge in [0, 0.05) is 53.5 Å². The van der Waals surface area contributed by atoms with Crippen LogP contribution in [0, 0.1) is 6.07 Å². The van der Waals surface area contributed by atoms with Crippen LogP contribution in [0.5, 0.6) is 0 Å². The van der Waals surface area contributed by atoms with E-state index in [4.69, 9.17) is 15.0 Å². The SMILES string of the molecule is [Ir].[c-]1c(-c2ccccn2)cc(-c2nc(-n3c4ccccc4c4ccccc43)nc(-n3c4ccccc4c4ccccc43)n2)c2ccccc12. The van der Waals surface area contributed by atoms with Crippen LogP contribution < -0.4 is 0 Å². The summed E-state index contributed by atoms with van der Waals surface area (Å²) in [5.41, 5.74) is 6.73. The summed E-state index contributed by atoms with van der Waals surface area (Å²) in [5.74, 6) is 1.66. The molecule has 0 spiro atoms. The predicted octanol–water partition coefficient (Wildman–Crippen LogP) is 9.75. The van der Waals surface area contributed by atoms with Crippen molar-refractivity contribution in [2.24, 2.45) is 0 Å². The molecule has 0 N–H and O–H groups in total. The third kappa shape index (κ3) is 4.59. The number of para-hydroxylation sites is 4. The average Bonchev–Trinajstić information content (AvgIpc) is 3.68. The Morgan fingerprint density at radius 1 is 0.449 bits per heavy atom. The fourth-order valence-corrected chi connectivity index (χ4v) is 7.03. The second-order valence-corrected chi connectivity index (χ2v) is 11.9. The van der Waals surface area contributed by atoms with Crippen molar-refractivity contribution in [3.63, 3.8) is 0 Å². The average molecular weight is 806 g/mol. The van der Waals surface area contributed by atoms with Crippen LogP contribution in [-0.4, -0.2) is 29.1 Å². The first-order chi connectivity index (χ1) is 23.8. The molecule has 1 radical (unpaired) electrons. The van der Waals surface area contributed by atoms with E-state index in [-0.39, 0.29) is 20.1 Å². The Balaban J connectivity index is 0.00000325. The molecule has 0 bridgehead atoms. The van der Waals surface area contributed by atoms with Gasteiger partial charge in [0.2, 0.25) is 11.9 Å². The van der Waals surface area contributed by atoms with Gasteiger partial charge < -0.3 is 0 Å². The minimum Gasteiger partial charge on any atom is -0.295 e. The van der Waals surface area contributed by atoms with E-state index in [1.54, 1.807) is 0 Å². The fraction of sp³-hybridized carbons (Fsp3) is 0. The smallest absolute Gasteiger partial charge is 0.240 e. The summed E-state index contributed by atoms with van der Waals surface area (Å²) in [6.07, 6.45) is 1.81. The maximum Gasteiger partial charge on any atom is 0.240 e. The Morgan fingerprint density at radius 3 is 1.39 bits per heavy atom. The second kappa shape index (κ2) is 11.6. The van der Waals surface area contributed by atoms with Gasteiger partial charge >= 0.3 is 0 Å². The number of pyridine rings is 1. The molecule has 4 heterocycles. The third-order valence-corrected chi connectivity index (χ3v) is 9.13. The van der Waals surface area contributed by atoms with Gasteiger partial charge in [-0.3, -0.25) is 14.1 Å². The third-order valence-electron chi connectivity index (χ3n) is 9.13. The number of aromatic nitrogens is 6. The number of benzene rings is 6. The van der Waals surface area contributed by atoms with Crippen molar-refractivity contribution in [1.29, 1.82) is 0 Å². The van der Waals surface area contributed by atoms with Gasteiger partial charge in [0.1, 0.15) is 0 Å². The number of fused-ring (bicyclic) bond motifs is 7. The van der Waals surface area contributed by atoms with Gasteiger partial charge in [-0.05, 0) is 35.9 Å². The Kier molecular flexibility index (Phi) is 6.90. The van der Waals surface area contributed by atoms with Crippen LogP contribution in [0.25, 0.3) is 88.9 Å². The number of hydrogen-bond acceptors (Lipinski definition) is 4. The molecule has 10 rings (SSSR count). The van der Waals surface area contributed by atoms with Crippen LogP contribution in [0.4, 0.5) is 0 Å². The summed E-state index contributed by atoms with van der Waals surface area (Å²) < 4.78 is 4.31. The number of hydrogen-bond donors (Lipinski definition) is 0. The monoisotopic (exact) mass is 806 g/mol. The molecule has 0 aliphatic carbocycles. The predicted molar refractivity (Wildman–Crippen MR) is 194 cm³/mol. The van der Waals surface area contributed by atoms with Gasteiger partial charge in [0.15, 0.2) is 5.82 Å². The maximum absolute atomic E-state index is 5.29. The molecule has 0 fully saturated rings. The zero-order valence-electron chi connectivity index (χ0n) is 26.0. The molecule has 7 heteroatoms. The van der Waals surface area contributed by atoms with E-state index in [1.165, 1.54) is 0 Å². The molecule has 4 aromatic heterocycles. The van der Waals surface area contributed by atoms with E-state index in [1.807, 2.05) is 36.5 Å². The molecular weight excluding hydrogens is 781 g/mol. The van der Waals surface area contributed by atoms with Crippen molar-refractivity contribution in [3.8, 4) is 34.5 Å². The summed E-state index contributed by atoms with van der Waals surface area (Å²) in [6, 6.07) is 53.6. The first-order valence-corrected chi connectivity index (χ1v) is 15.9. The van der Waals surface area contributed by atoms with Crippen LogP contribution >= 0.6 is 0 Å². The van der Waals surface area contributed by atoms with Crippen LogP contribution in [0.3, 0.4) is 0 Å². The number of nitrogens with zero attached hydrogens (tertiary/aromatic N) is 6. The van der Waals surface area contributed by atoms with E-state index in [0.29, 0.717) is 17.7 Å². The van der Waals surface area contributed by atoms with Crippen molar-refractivity contribution in [3.05, 3.63) is 158 Å². The fourth-order valence-electron chi connectivity index (χ4n) is 7.03. The Hall–Kier alpha value is -6.01. The van der Waals surface area contributed by atoms with Crippen LogP contribution in [0.15, 0.2) is 152 Å². The molecule has 0 unspecified atom stereocenters. The van der Waals surface area contributed by atoms with Gasteiger partial charge in [0.05, 0.1) is 22.1 Å². The standard InChI is InChI=1S/C42H25N6.Ir/c1-2-14-29-27(13-1)25-28(35-19-11-12-24-43-35)26-34(29)40-44-41(47-36-20-7-3-15-30(36)31-16-4-8-21-37(31)47)46-42(45-40)48-38-22-9-5-17-32(38)33-18-6-10-23-39(33)48;/h1-24,26H;/q-1;. The molecule has 0 saturated heterocycles. The van der Waals surface area contributed by atoms with Crippen molar-refractivity contribution in [2.45, 2.75) is 0 Å². The largest absolute Gasteiger partial charge is 0.295 e. The molecule has 0 amide bonds. The van der Waals surface area contributed by atoms with Crippen molar-refractivity contribution in [2.75, 3.05) is 0 Å². The van der Waals surface area contributed by atoms with Crippen molar-refractivity contribution in [1.82, 2.24) is 29.1 Å². The molecule has 0 aliphatic heterocycles. The van der Waals surface area contributed by atoms with Gasteiger partial charge in [-0.1, -0.05) is 114 Å². The second-order valence-electron chi connectivity index (χ2n) is 11.9. The summed E-state index contributed by atoms with van der Waals surface area (Å²) >= 11 is 0. The first kappa shape index (κ1) is 29.2. The zero-order valence-corrected chi connectivity index (χ0v) is 28.3. The zero-order chi connectivity index (χ0) is 31.6. The van der Waals surface area contributed by atoms with Crippen molar-refractivity contribution >= 4 is 54.4 Å².